The van der Waals surface area contributed by atoms with Crippen molar-refractivity contribution < 1.29 is 71.5 Å². The number of carbonyl (C=O) groups is 7. The molecular weight excluding hydrogens is 695 g/mol. The van der Waals surface area contributed by atoms with Crippen molar-refractivity contribution in [3.05, 3.63) is 60.2 Å². The molecule has 1 heterocycles. The molecule has 6 atom stereocenters. The van der Waals surface area contributed by atoms with Gasteiger partial charge < -0.3 is 43.2 Å². The molecule has 0 unspecified atom stereocenters. The van der Waals surface area contributed by atoms with E-state index in [-0.39, 0.29) is 20.7 Å². The molecule has 0 bridgehead atoms. The van der Waals surface area contributed by atoms with Gasteiger partial charge in [0.25, 0.3) is 0 Å². The van der Waals surface area contributed by atoms with Crippen molar-refractivity contribution in [2.75, 3.05) is 13.7 Å². The van der Waals surface area contributed by atoms with Crippen LogP contribution in [0.3, 0.4) is 0 Å². The Morgan fingerprint density at radius 3 is 2.02 bits per heavy atom. The number of para-hydroxylation sites is 1. The standard InChI is InChI=1S/C33H37N2O15P/c1-18(36)44-17-25-28(46-19(2)37)29(47-20(3)38)30(48-21(4)39)31(50-25)35-51-26-14-10-9-13-24(26)49-27(40)15-23(32(41)43-5)34-33(42)45-16-22-11-7-6-8-12-22/h6-14,23,25,28-31H,15-17H2,1-5H3,(H,34,42)/t23-,25+,28+,29-,30+,31-/m0/s1. The zero-order valence-electron chi connectivity index (χ0n) is 28.3. The maximum absolute atomic E-state index is 13.0. The zero-order chi connectivity index (χ0) is 37.5. The number of ether oxygens (including phenoxy) is 8. The third-order valence-corrected chi connectivity index (χ3v) is 7.62. The van der Waals surface area contributed by atoms with Gasteiger partial charge in [-0.1, -0.05) is 42.5 Å². The third-order valence-electron chi connectivity index (χ3n) is 6.70. The smallest absolute Gasteiger partial charge is 0.408 e. The molecule has 274 valence electrons. The first kappa shape index (κ1) is 40.0. The summed E-state index contributed by atoms with van der Waals surface area (Å²) < 4.78 is 47.1. The Balaban J connectivity index is 1.83. The monoisotopic (exact) mass is 732 g/mol. The van der Waals surface area contributed by atoms with E-state index in [0.717, 1.165) is 34.8 Å². The molecule has 1 aliphatic rings. The highest BCUT2D eigenvalue weighted by Crippen LogP contribution is 2.31. The molecule has 0 aliphatic carbocycles. The number of hydrogen-bond donors (Lipinski definition) is 1. The first-order chi connectivity index (χ1) is 24.3. The van der Waals surface area contributed by atoms with E-state index in [1.54, 1.807) is 48.5 Å². The molecule has 2 aromatic rings. The number of alkyl carbamates (subject to hydrolysis) is 1. The second-order valence-corrected chi connectivity index (χ2v) is 11.6. The number of esters is 6. The number of nitrogens with one attached hydrogen (secondary N) is 1. The molecule has 3 rings (SSSR count). The first-order valence-corrected chi connectivity index (χ1v) is 16.2. The Morgan fingerprint density at radius 2 is 1.39 bits per heavy atom. The normalized spacial score (nSPS) is 20.2. The van der Waals surface area contributed by atoms with Gasteiger partial charge in [-0.05, 0) is 17.7 Å². The van der Waals surface area contributed by atoms with E-state index in [0.29, 0.717) is 10.9 Å². The van der Waals surface area contributed by atoms with Crippen LogP contribution >= 0.6 is 8.37 Å². The fourth-order valence-corrected chi connectivity index (χ4v) is 5.41. The third kappa shape index (κ3) is 13.1. The van der Waals surface area contributed by atoms with Gasteiger partial charge in [0.05, 0.1) is 18.8 Å². The molecule has 2 aromatic carbocycles. The van der Waals surface area contributed by atoms with Gasteiger partial charge in [0.2, 0.25) is 0 Å². The number of methoxy groups -OCH3 is 1. The Hall–Kier alpha value is -5.41. The minimum Gasteiger partial charge on any atom is -0.467 e. The van der Waals surface area contributed by atoms with Crippen molar-refractivity contribution in [1.29, 1.82) is 0 Å². The van der Waals surface area contributed by atoms with Crippen LogP contribution in [0, 0.1) is 0 Å². The average molecular weight is 733 g/mol. The van der Waals surface area contributed by atoms with Crippen molar-refractivity contribution in [1.82, 2.24) is 5.32 Å². The molecule has 51 heavy (non-hydrogen) atoms. The van der Waals surface area contributed by atoms with E-state index >= 15 is 0 Å². The fourth-order valence-electron chi connectivity index (χ4n) is 4.62. The maximum atomic E-state index is 13.0. The van der Waals surface area contributed by atoms with Gasteiger partial charge in [0, 0.05) is 36.1 Å². The summed E-state index contributed by atoms with van der Waals surface area (Å²) in [4.78, 5) is 85.6. The van der Waals surface area contributed by atoms with Gasteiger partial charge >= 0.3 is 41.9 Å². The average Bonchev–Trinajstić information content (AvgIpc) is 3.07. The van der Waals surface area contributed by atoms with Crippen molar-refractivity contribution in [3.63, 3.8) is 0 Å². The van der Waals surface area contributed by atoms with E-state index in [9.17, 15) is 33.6 Å². The van der Waals surface area contributed by atoms with E-state index in [1.807, 2.05) is 0 Å². The summed E-state index contributed by atoms with van der Waals surface area (Å²) in [7, 11) is 1.17. The first-order valence-electron chi connectivity index (χ1n) is 15.3. The highest BCUT2D eigenvalue weighted by molar-refractivity contribution is 7.37. The Kier molecular flexibility index (Phi) is 15.5. The summed E-state index contributed by atoms with van der Waals surface area (Å²) in [5, 5.41) is 2.59. The molecule has 17 nitrogen and oxygen atoms in total. The van der Waals surface area contributed by atoms with Crippen molar-refractivity contribution >= 4 is 55.6 Å². The molecule has 1 saturated heterocycles. The Morgan fingerprint density at radius 1 is 0.784 bits per heavy atom. The highest BCUT2D eigenvalue weighted by atomic mass is 31.1. The summed E-state index contributed by atoms with van der Waals surface area (Å²) in [5.41, 5.74) is 0.701. The number of benzene rings is 2. The summed E-state index contributed by atoms with van der Waals surface area (Å²) in [6.07, 6.45) is -8.42. The molecule has 0 saturated carbocycles. The number of nitrogens with zero attached hydrogens (tertiary/aromatic N) is 1. The zero-order valence-corrected chi connectivity index (χ0v) is 29.2. The van der Waals surface area contributed by atoms with Crippen molar-refractivity contribution in [2.45, 2.75) is 77.4 Å². The quantitative estimate of drug-likeness (QED) is 0.128. The number of rotatable bonds is 14. The number of amides is 1. The predicted molar refractivity (Wildman–Crippen MR) is 173 cm³/mol. The van der Waals surface area contributed by atoms with Crippen LogP contribution in [0.1, 0.15) is 39.7 Å². The summed E-state index contributed by atoms with van der Waals surface area (Å²) in [6, 6.07) is 13.5. The van der Waals surface area contributed by atoms with Crippen molar-refractivity contribution in [3.8, 4) is 5.75 Å². The summed E-state index contributed by atoms with van der Waals surface area (Å²) >= 11 is 0. The van der Waals surface area contributed by atoms with Crippen molar-refractivity contribution in [2.24, 2.45) is 4.74 Å². The number of hydrogen-bond acceptors (Lipinski definition) is 16. The predicted octanol–water partition coefficient (Wildman–Crippen LogP) is 2.29. The topological polar surface area (TPSA) is 218 Å². The Labute approximate surface area is 294 Å². The van der Waals surface area contributed by atoms with Gasteiger partial charge in [0.15, 0.2) is 24.5 Å². The van der Waals surface area contributed by atoms with Crippen LogP contribution in [-0.4, -0.2) is 92.3 Å². The largest absolute Gasteiger partial charge is 0.467 e. The lowest BCUT2D eigenvalue weighted by molar-refractivity contribution is -0.250. The van der Waals surface area contributed by atoms with Gasteiger partial charge in [0.1, 0.15) is 31.1 Å². The van der Waals surface area contributed by atoms with Crippen LogP contribution in [0.25, 0.3) is 0 Å². The van der Waals surface area contributed by atoms with E-state index < -0.39 is 91.6 Å². The van der Waals surface area contributed by atoms with Crippen LogP contribution in [0.15, 0.2) is 59.3 Å². The maximum Gasteiger partial charge on any atom is 0.408 e. The lowest BCUT2D eigenvalue weighted by Gasteiger charge is -2.42. The molecular formula is C33H37N2O15P. The van der Waals surface area contributed by atoms with Gasteiger partial charge in [-0.3, -0.25) is 24.0 Å². The van der Waals surface area contributed by atoms with E-state index in [4.69, 9.17) is 37.9 Å². The lowest BCUT2D eigenvalue weighted by Crippen LogP contribution is -2.61. The Bertz CT molecular complexity index is 1600. The lowest BCUT2D eigenvalue weighted by atomic mass is 9.97. The second-order valence-electron chi connectivity index (χ2n) is 10.7. The van der Waals surface area contributed by atoms with Crippen LogP contribution in [0.2, 0.25) is 0 Å². The SMILES string of the molecule is COC(=O)[C@H](CC(=O)Oc1ccccc1P=N[C@H]1O[C@H](COC(C)=O)[C@@H](OC(C)=O)[C@H](OC(C)=O)[C@H]1OC(C)=O)NC(=O)OCc1ccccc1. The number of carbonyl (C=O) groups excluding carboxylic acids is 7. The van der Waals surface area contributed by atoms with Gasteiger partial charge in [-0.15, -0.1) is 0 Å². The molecule has 0 radical (unpaired) electrons. The minimum atomic E-state index is -1.45. The van der Waals surface area contributed by atoms with Crippen LogP contribution < -0.4 is 15.4 Å². The van der Waals surface area contributed by atoms with E-state index in [2.05, 4.69) is 10.1 Å². The minimum absolute atomic E-state index is 0.00817. The summed E-state index contributed by atoms with van der Waals surface area (Å²) in [5.74, 6) is -4.91. The fraction of sp³-hybridized carbons (Fsp3) is 0.424. The van der Waals surface area contributed by atoms with Crippen LogP contribution in [0.5, 0.6) is 5.75 Å². The molecule has 1 fully saturated rings. The van der Waals surface area contributed by atoms with Crippen LogP contribution in [0.4, 0.5) is 4.79 Å². The van der Waals surface area contributed by atoms with Crippen LogP contribution in [-0.2, 0) is 68.5 Å². The second kappa shape index (κ2) is 19.7. The molecule has 1 N–H and O–H groups in total. The van der Waals surface area contributed by atoms with Gasteiger partial charge in [-0.2, -0.15) is 0 Å². The molecule has 1 aliphatic heterocycles. The molecule has 18 heteroatoms. The van der Waals surface area contributed by atoms with E-state index in [1.165, 1.54) is 6.07 Å². The highest BCUT2D eigenvalue weighted by Gasteiger charge is 2.52. The van der Waals surface area contributed by atoms with Gasteiger partial charge in [-0.25, -0.2) is 14.3 Å². The summed E-state index contributed by atoms with van der Waals surface area (Å²) in [6.45, 7) is 3.91. The molecule has 0 aromatic heterocycles. The molecule has 1 amide bonds. The molecule has 0 spiro atoms.